The zero-order chi connectivity index (χ0) is 27.8. The topological polar surface area (TPSA) is 86.3 Å². The highest BCUT2D eigenvalue weighted by Gasteiger charge is 2.40. The monoisotopic (exact) mass is 538 g/mol. The van der Waals surface area contributed by atoms with Gasteiger partial charge >= 0.3 is 5.97 Å². The number of esters is 1. The Hall–Kier alpha value is -3.85. The third-order valence-electron chi connectivity index (χ3n) is 5.88. The molecule has 1 amide bonds. The molecule has 1 heterocycles. The standard InChI is InChI=1S/C29H34N2O6S/c1-7-35-23-15-12-21(17-24(23)36-8-2)26-25(28(33)37-9-3)19(5)30-29(38)31(26)27(32)18(4)16-20-10-13-22(34-6)14-11-20/h10-17,26H,7-9H2,1-6H3,(H,30,38)/b18-16+. The number of allylic oxidation sites excluding steroid dienone is 1. The second kappa shape index (κ2) is 13.1. The van der Waals surface area contributed by atoms with Crippen LogP contribution < -0.4 is 19.5 Å². The van der Waals surface area contributed by atoms with Crippen LogP contribution in [0.5, 0.6) is 17.2 Å². The Morgan fingerprint density at radius 1 is 1.00 bits per heavy atom. The van der Waals surface area contributed by atoms with Crippen molar-refractivity contribution in [3.05, 3.63) is 70.4 Å². The van der Waals surface area contributed by atoms with Crippen LogP contribution in [-0.4, -0.2) is 48.8 Å². The van der Waals surface area contributed by atoms with Crippen molar-refractivity contribution < 1.29 is 28.5 Å². The van der Waals surface area contributed by atoms with Gasteiger partial charge in [0.1, 0.15) is 5.75 Å². The first-order valence-corrected chi connectivity index (χ1v) is 12.9. The minimum Gasteiger partial charge on any atom is -0.497 e. The molecule has 1 N–H and O–H groups in total. The van der Waals surface area contributed by atoms with E-state index in [2.05, 4.69) is 5.32 Å². The molecule has 0 spiro atoms. The molecule has 0 aromatic heterocycles. The fraction of sp³-hybridized carbons (Fsp3) is 0.345. The fourth-order valence-corrected chi connectivity index (χ4v) is 4.52. The zero-order valence-corrected chi connectivity index (χ0v) is 23.4. The predicted octanol–water partition coefficient (Wildman–Crippen LogP) is 5.19. The molecule has 8 nitrogen and oxygen atoms in total. The second-order valence-corrected chi connectivity index (χ2v) is 8.83. The second-order valence-electron chi connectivity index (χ2n) is 8.44. The van der Waals surface area contributed by atoms with Crippen molar-refractivity contribution in [3.8, 4) is 17.2 Å². The van der Waals surface area contributed by atoms with Crippen LogP contribution in [0.2, 0.25) is 0 Å². The van der Waals surface area contributed by atoms with Gasteiger partial charge in [-0.25, -0.2) is 4.79 Å². The van der Waals surface area contributed by atoms with Gasteiger partial charge in [-0.15, -0.1) is 0 Å². The summed E-state index contributed by atoms with van der Waals surface area (Å²) >= 11 is 5.64. The Bertz CT molecular complexity index is 1250. The maximum atomic E-state index is 13.9. The van der Waals surface area contributed by atoms with Gasteiger partial charge in [-0.05, 0) is 88.3 Å². The zero-order valence-electron chi connectivity index (χ0n) is 22.6. The van der Waals surface area contributed by atoms with Crippen molar-refractivity contribution in [2.75, 3.05) is 26.9 Å². The van der Waals surface area contributed by atoms with Crippen molar-refractivity contribution >= 4 is 35.3 Å². The minimum atomic E-state index is -0.843. The highest BCUT2D eigenvalue weighted by Crippen LogP contribution is 2.39. The van der Waals surface area contributed by atoms with E-state index in [0.29, 0.717) is 47.3 Å². The number of rotatable bonds is 10. The van der Waals surface area contributed by atoms with Crippen molar-refractivity contribution in [3.63, 3.8) is 0 Å². The number of amides is 1. The summed E-state index contributed by atoms with van der Waals surface area (Å²) in [5.74, 6) is 0.903. The van der Waals surface area contributed by atoms with Gasteiger partial charge < -0.3 is 24.3 Å². The maximum Gasteiger partial charge on any atom is 0.338 e. The fourth-order valence-electron chi connectivity index (χ4n) is 4.18. The molecule has 1 atom stereocenters. The summed E-state index contributed by atoms with van der Waals surface area (Å²) in [5, 5.41) is 3.20. The van der Waals surface area contributed by atoms with Crippen molar-refractivity contribution in [1.29, 1.82) is 0 Å². The Kier molecular flexibility index (Phi) is 9.90. The Morgan fingerprint density at radius 2 is 1.66 bits per heavy atom. The summed E-state index contributed by atoms with van der Waals surface area (Å²) in [7, 11) is 1.60. The van der Waals surface area contributed by atoms with Crippen LogP contribution in [0.1, 0.15) is 51.8 Å². The van der Waals surface area contributed by atoms with Crippen LogP contribution in [0, 0.1) is 0 Å². The molecular weight excluding hydrogens is 504 g/mol. The van der Waals surface area contributed by atoms with Crippen molar-refractivity contribution in [2.45, 2.75) is 40.7 Å². The lowest BCUT2D eigenvalue weighted by molar-refractivity contribution is -0.139. The molecular formula is C29H34N2O6S. The highest BCUT2D eigenvalue weighted by atomic mass is 32.1. The smallest absolute Gasteiger partial charge is 0.338 e. The molecule has 1 aliphatic heterocycles. The molecule has 38 heavy (non-hydrogen) atoms. The number of thiocarbonyl (C=S) groups is 1. The van der Waals surface area contributed by atoms with Gasteiger partial charge in [0.15, 0.2) is 16.6 Å². The SMILES string of the molecule is CCOC(=O)C1=C(C)NC(=S)N(C(=O)/C(C)=C/c2ccc(OC)cc2)C1c1ccc(OCC)c(OCC)c1. The average Bonchev–Trinajstić information content (AvgIpc) is 2.89. The van der Waals surface area contributed by atoms with Gasteiger partial charge in [0.05, 0.1) is 38.5 Å². The normalized spacial score (nSPS) is 15.6. The number of methoxy groups -OCH3 is 1. The van der Waals surface area contributed by atoms with Gasteiger partial charge in [-0.2, -0.15) is 0 Å². The number of hydrogen-bond donors (Lipinski definition) is 1. The first kappa shape index (κ1) is 28.7. The summed E-state index contributed by atoms with van der Waals surface area (Å²) in [6.07, 6.45) is 1.76. The van der Waals surface area contributed by atoms with E-state index in [4.69, 9.17) is 31.2 Å². The van der Waals surface area contributed by atoms with Crippen molar-refractivity contribution in [2.24, 2.45) is 0 Å². The summed E-state index contributed by atoms with van der Waals surface area (Å²) in [5.41, 5.74) is 2.70. The van der Waals surface area contributed by atoms with Crippen LogP contribution in [0.25, 0.3) is 6.08 Å². The molecule has 0 bridgehead atoms. The van der Waals surface area contributed by atoms with Crippen LogP contribution in [0.15, 0.2) is 59.3 Å². The van der Waals surface area contributed by atoms with E-state index in [0.717, 1.165) is 5.56 Å². The number of carbonyl (C=O) groups excluding carboxylic acids is 2. The van der Waals surface area contributed by atoms with Gasteiger partial charge in [-0.3, -0.25) is 9.69 Å². The Labute approximate surface area is 229 Å². The van der Waals surface area contributed by atoms with E-state index in [-0.39, 0.29) is 23.2 Å². The number of ether oxygens (including phenoxy) is 4. The summed E-state index contributed by atoms with van der Waals surface area (Å²) in [4.78, 5) is 28.5. The van der Waals surface area contributed by atoms with Crippen LogP contribution >= 0.6 is 12.2 Å². The van der Waals surface area contributed by atoms with E-state index in [1.165, 1.54) is 4.90 Å². The molecule has 0 aliphatic carbocycles. The van der Waals surface area contributed by atoms with Crippen molar-refractivity contribution in [1.82, 2.24) is 10.2 Å². The molecule has 3 rings (SSSR count). The molecule has 1 aliphatic rings. The minimum absolute atomic E-state index is 0.180. The van der Waals surface area contributed by atoms with Gasteiger partial charge in [0.25, 0.3) is 5.91 Å². The lowest BCUT2D eigenvalue weighted by Gasteiger charge is -2.38. The van der Waals surface area contributed by atoms with Crippen LogP contribution in [-0.2, 0) is 14.3 Å². The maximum absolute atomic E-state index is 13.9. The van der Waals surface area contributed by atoms with Crippen LogP contribution in [0.4, 0.5) is 0 Å². The predicted molar refractivity (Wildman–Crippen MR) is 150 cm³/mol. The van der Waals surface area contributed by atoms with E-state index in [9.17, 15) is 9.59 Å². The van der Waals surface area contributed by atoms with Gasteiger partial charge in [0.2, 0.25) is 0 Å². The van der Waals surface area contributed by atoms with Gasteiger partial charge in [0, 0.05) is 11.3 Å². The molecule has 9 heteroatoms. The van der Waals surface area contributed by atoms with E-state index >= 15 is 0 Å². The number of hydrogen-bond acceptors (Lipinski definition) is 7. The summed E-state index contributed by atoms with van der Waals surface area (Å²) in [6.45, 7) is 10.0. The Balaban J connectivity index is 2.14. The molecule has 202 valence electrons. The van der Waals surface area contributed by atoms with Crippen LogP contribution in [0.3, 0.4) is 0 Å². The molecule has 0 saturated carbocycles. The molecule has 1 unspecified atom stereocenters. The number of benzene rings is 2. The third kappa shape index (κ3) is 6.34. The molecule has 2 aromatic carbocycles. The molecule has 0 radical (unpaired) electrons. The lowest BCUT2D eigenvalue weighted by atomic mass is 9.92. The highest BCUT2D eigenvalue weighted by molar-refractivity contribution is 7.80. The van der Waals surface area contributed by atoms with Gasteiger partial charge in [-0.1, -0.05) is 18.2 Å². The largest absolute Gasteiger partial charge is 0.497 e. The number of nitrogens with zero attached hydrogens (tertiary/aromatic N) is 1. The molecule has 0 fully saturated rings. The number of carbonyl (C=O) groups is 2. The summed E-state index contributed by atoms with van der Waals surface area (Å²) in [6, 6.07) is 11.9. The molecule has 0 saturated heterocycles. The first-order chi connectivity index (χ1) is 18.2. The summed E-state index contributed by atoms with van der Waals surface area (Å²) < 4.78 is 22.1. The average molecular weight is 539 g/mol. The van der Waals surface area contributed by atoms with E-state index in [1.54, 1.807) is 52.2 Å². The van der Waals surface area contributed by atoms with E-state index in [1.807, 2.05) is 38.1 Å². The molecule has 2 aromatic rings. The van der Waals surface area contributed by atoms with E-state index < -0.39 is 12.0 Å². The third-order valence-corrected chi connectivity index (χ3v) is 6.18. The quantitative estimate of drug-likeness (QED) is 0.251. The lowest BCUT2D eigenvalue weighted by Crippen LogP contribution is -2.51. The first-order valence-electron chi connectivity index (χ1n) is 12.5. The number of nitrogens with one attached hydrogen (secondary N) is 1. The Morgan fingerprint density at radius 3 is 2.26 bits per heavy atom.